The number of hydrogen-bond acceptors (Lipinski definition) is 3. The normalized spacial score (nSPS) is 20.8. The van der Waals surface area contributed by atoms with Crippen molar-refractivity contribution in [3.63, 3.8) is 0 Å². The van der Waals surface area contributed by atoms with E-state index in [-0.39, 0.29) is 5.91 Å². The zero-order chi connectivity index (χ0) is 11.4. The van der Waals surface area contributed by atoms with E-state index in [1.54, 1.807) is 18.4 Å². The maximum Gasteiger partial charge on any atom is 0.246 e. The summed E-state index contributed by atoms with van der Waals surface area (Å²) in [5.41, 5.74) is 0. The van der Waals surface area contributed by atoms with Crippen LogP contribution in [0.15, 0.2) is 28.9 Å². The van der Waals surface area contributed by atoms with Crippen molar-refractivity contribution in [3.05, 3.63) is 30.2 Å². The molecule has 0 bridgehead atoms. The average molecular weight is 237 g/mol. The van der Waals surface area contributed by atoms with E-state index in [0.29, 0.717) is 11.0 Å². The number of furan rings is 1. The van der Waals surface area contributed by atoms with Gasteiger partial charge in [0.25, 0.3) is 0 Å². The average Bonchev–Trinajstić information content (AvgIpc) is 2.96. The third kappa shape index (κ3) is 2.70. The lowest BCUT2D eigenvalue weighted by Gasteiger charge is -2.13. The van der Waals surface area contributed by atoms with Crippen molar-refractivity contribution in [2.75, 3.05) is 19.3 Å². The lowest BCUT2D eigenvalue weighted by molar-refractivity contribution is -0.124. The molecular formula is C12H15NO2S. The minimum Gasteiger partial charge on any atom is -0.465 e. The Kier molecular flexibility index (Phi) is 3.72. The molecule has 1 aliphatic heterocycles. The molecule has 2 rings (SSSR count). The number of nitrogens with zero attached hydrogens (tertiary/aromatic N) is 1. The Labute approximate surface area is 99.5 Å². The van der Waals surface area contributed by atoms with Crippen molar-refractivity contribution in [2.24, 2.45) is 0 Å². The van der Waals surface area contributed by atoms with E-state index in [9.17, 15) is 4.79 Å². The SMILES string of the molecule is CS[C@H]1CCN(C(=O)/C=C/c2ccco2)C1. The summed E-state index contributed by atoms with van der Waals surface area (Å²) >= 11 is 1.83. The van der Waals surface area contributed by atoms with Crippen LogP contribution >= 0.6 is 11.8 Å². The summed E-state index contributed by atoms with van der Waals surface area (Å²) < 4.78 is 5.13. The van der Waals surface area contributed by atoms with Crippen LogP contribution in [0.4, 0.5) is 0 Å². The highest BCUT2D eigenvalue weighted by molar-refractivity contribution is 7.99. The Hall–Kier alpha value is -1.16. The molecule has 1 fully saturated rings. The number of amides is 1. The molecule has 1 aromatic rings. The molecule has 0 unspecified atom stereocenters. The lowest BCUT2D eigenvalue weighted by Crippen LogP contribution is -2.27. The zero-order valence-electron chi connectivity index (χ0n) is 9.26. The smallest absolute Gasteiger partial charge is 0.246 e. The first-order valence-electron chi connectivity index (χ1n) is 5.33. The number of thioether (sulfide) groups is 1. The van der Waals surface area contributed by atoms with Crippen LogP contribution < -0.4 is 0 Å². The van der Waals surface area contributed by atoms with Crippen molar-refractivity contribution in [2.45, 2.75) is 11.7 Å². The standard InChI is InChI=1S/C12H15NO2S/c1-16-11-6-7-13(9-11)12(14)5-4-10-3-2-8-15-10/h2-5,8,11H,6-7,9H2,1H3/b5-4+/t11-/m0/s1. The van der Waals surface area contributed by atoms with Crippen molar-refractivity contribution in [1.82, 2.24) is 4.90 Å². The van der Waals surface area contributed by atoms with Crippen LogP contribution in [0.1, 0.15) is 12.2 Å². The molecule has 3 nitrogen and oxygen atoms in total. The third-order valence-electron chi connectivity index (χ3n) is 2.72. The Morgan fingerprint density at radius 3 is 3.19 bits per heavy atom. The molecule has 1 amide bonds. The predicted molar refractivity (Wildman–Crippen MR) is 66.2 cm³/mol. The molecule has 1 atom stereocenters. The molecule has 0 radical (unpaired) electrons. The molecule has 1 aliphatic rings. The summed E-state index contributed by atoms with van der Waals surface area (Å²) in [7, 11) is 0. The summed E-state index contributed by atoms with van der Waals surface area (Å²) in [5.74, 6) is 0.793. The first kappa shape index (κ1) is 11.3. The Bertz CT molecular complexity index is 372. The number of hydrogen-bond donors (Lipinski definition) is 0. The van der Waals surface area contributed by atoms with Crippen LogP contribution in [-0.4, -0.2) is 35.4 Å². The molecule has 0 aromatic carbocycles. The van der Waals surface area contributed by atoms with E-state index in [2.05, 4.69) is 6.26 Å². The maximum absolute atomic E-state index is 11.8. The van der Waals surface area contributed by atoms with E-state index in [1.807, 2.05) is 28.8 Å². The van der Waals surface area contributed by atoms with Crippen LogP contribution in [0, 0.1) is 0 Å². The summed E-state index contributed by atoms with van der Waals surface area (Å²) in [6.07, 6.45) is 8.10. The highest BCUT2D eigenvalue weighted by Gasteiger charge is 2.23. The van der Waals surface area contributed by atoms with E-state index >= 15 is 0 Å². The molecule has 4 heteroatoms. The summed E-state index contributed by atoms with van der Waals surface area (Å²) in [4.78, 5) is 13.7. The number of likely N-dealkylation sites (tertiary alicyclic amines) is 1. The van der Waals surface area contributed by atoms with Crippen molar-refractivity contribution in [3.8, 4) is 0 Å². The first-order valence-corrected chi connectivity index (χ1v) is 6.61. The Morgan fingerprint density at radius 2 is 2.56 bits per heavy atom. The van der Waals surface area contributed by atoms with Gasteiger partial charge in [0.05, 0.1) is 6.26 Å². The van der Waals surface area contributed by atoms with Gasteiger partial charge in [-0.15, -0.1) is 0 Å². The topological polar surface area (TPSA) is 33.5 Å². The van der Waals surface area contributed by atoms with Gasteiger partial charge in [-0.05, 0) is 30.9 Å². The van der Waals surface area contributed by atoms with Gasteiger partial charge in [-0.3, -0.25) is 4.79 Å². The number of carbonyl (C=O) groups is 1. The van der Waals surface area contributed by atoms with Gasteiger partial charge in [-0.2, -0.15) is 11.8 Å². The van der Waals surface area contributed by atoms with E-state index in [4.69, 9.17) is 4.42 Å². The van der Waals surface area contributed by atoms with Gasteiger partial charge in [-0.25, -0.2) is 0 Å². The second-order valence-corrected chi connectivity index (χ2v) is 4.92. The fraction of sp³-hybridized carbons (Fsp3) is 0.417. The molecule has 0 spiro atoms. The van der Waals surface area contributed by atoms with Gasteiger partial charge in [0.15, 0.2) is 0 Å². The predicted octanol–water partition coefficient (Wildman–Crippen LogP) is 2.26. The minimum absolute atomic E-state index is 0.0768. The zero-order valence-corrected chi connectivity index (χ0v) is 10.1. The third-order valence-corrected chi connectivity index (χ3v) is 3.77. The summed E-state index contributed by atoms with van der Waals surface area (Å²) in [6, 6.07) is 3.64. The van der Waals surface area contributed by atoms with E-state index in [1.165, 1.54) is 0 Å². The van der Waals surface area contributed by atoms with Crippen LogP contribution in [0.2, 0.25) is 0 Å². The highest BCUT2D eigenvalue weighted by Crippen LogP contribution is 2.20. The van der Waals surface area contributed by atoms with Crippen LogP contribution in [0.3, 0.4) is 0 Å². The van der Waals surface area contributed by atoms with Gasteiger partial charge >= 0.3 is 0 Å². The summed E-state index contributed by atoms with van der Waals surface area (Å²) in [5, 5.41) is 0.598. The Balaban J connectivity index is 1.89. The van der Waals surface area contributed by atoms with Crippen molar-refractivity contribution < 1.29 is 9.21 Å². The van der Waals surface area contributed by atoms with Gasteiger partial charge in [0.2, 0.25) is 5.91 Å². The number of carbonyl (C=O) groups excluding carboxylic acids is 1. The molecule has 86 valence electrons. The molecule has 2 heterocycles. The number of rotatable bonds is 3. The monoisotopic (exact) mass is 237 g/mol. The second-order valence-electron chi connectivity index (χ2n) is 3.78. The fourth-order valence-corrected chi connectivity index (χ4v) is 2.44. The summed E-state index contributed by atoms with van der Waals surface area (Å²) in [6.45, 7) is 1.73. The van der Waals surface area contributed by atoms with Crippen molar-refractivity contribution in [1.29, 1.82) is 0 Å². The molecule has 1 saturated heterocycles. The van der Waals surface area contributed by atoms with Crippen LogP contribution in [0.5, 0.6) is 0 Å². The van der Waals surface area contributed by atoms with Gasteiger partial charge < -0.3 is 9.32 Å². The van der Waals surface area contributed by atoms with E-state index in [0.717, 1.165) is 19.5 Å². The van der Waals surface area contributed by atoms with Gasteiger partial charge in [0.1, 0.15) is 5.76 Å². The largest absolute Gasteiger partial charge is 0.465 e. The van der Waals surface area contributed by atoms with Gasteiger partial charge in [-0.1, -0.05) is 0 Å². The molecular weight excluding hydrogens is 222 g/mol. The molecule has 0 N–H and O–H groups in total. The highest BCUT2D eigenvalue weighted by atomic mass is 32.2. The lowest BCUT2D eigenvalue weighted by atomic mass is 10.3. The fourth-order valence-electron chi connectivity index (χ4n) is 1.77. The first-order chi connectivity index (χ1) is 7.79. The molecule has 0 aliphatic carbocycles. The quantitative estimate of drug-likeness (QED) is 0.756. The molecule has 0 saturated carbocycles. The second kappa shape index (κ2) is 5.25. The molecule has 1 aromatic heterocycles. The van der Waals surface area contributed by atoms with Crippen molar-refractivity contribution >= 4 is 23.7 Å². The van der Waals surface area contributed by atoms with Gasteiger partial charge in [0, 0.05) is 24.4 Å². The maximum atomic E-state index is 11.8. The van der Waals surface area contributed by atoms with E-state index < -0.39 is 0 Å². The Morgan fingerprint density at radius 1 is 1.69 bits per heavy atom. The van der Waals surface area contributed by atoms with Crippen LogP contribution in [-0.2, 0) is 4.79 Å². The van der Waals surface area contributed by atoms with Crippen LogP contribution in [0.25, 0.3) is 6.08 Å². The molecule has 16 heavy (non-hydrogen) atoms. The minimum atomic E-state index is 0.0768.